The molecular weight excluding hydrogens is 294 g/mol. The summed E-state index contributed by atoms with van der Waals surface area (Å²) in [6, 6.07) is 6.73. The summed E-state index contributed by atoms with van der Waals surface area (Å²) in [7, 11) is 0. The summed E-state index contributed by atoms with van der Waals surface area (Å²) in [4.78, 5) is 25.0. The summed E-state index contributed by atoms with van der Waals surface area (Å²) >= 11 is 0. The van der Waals surface area contributed by atoms with Gasteiger partial charge in [0, 0.05) is 12.1 Å². The van der Waals surface area contributed by atoms with Gasteiger partial charge in [-0.1, -0.05) is 12.1 Å². The van der Waals surface area contributed by atoms with Crippen molar-refractivity contribution in [2.45, 2.75) is 59.1 Å². The van der Waals surface area contributed by atoms with E-state index in [9.17, 15) is 9.59 Å². The Morgan fingerprint density at radius 3 is 2.00 bits per heavy atom. The summed E-state index contributed by atoms with van der Waals surface area (Å²) in [5, 5.41) is 8.95. The fourth-order valence-corrected chi connectivity index (χ4v) is 2.48. The largest absolute Gasteiger partial charge is 0.478 e. The van der Waals surface area contributed by atoms with E-state index in [0.29, 0.717) is 13.0 Å². The van der Waals surface area contributed by atoms with Gasteiger partial charge in [0.2, 0.25) is 0 Å². The Morgan fingerprint density at radius 2 is 1.61 bits per heavy atom. The van der Waals surface area contributed by atoms with Gasteiger partial charge < -0.3 is 14.7 Å². The number of benzene rings is 1. The molecule has 0 spiro atoms. The fraction of sp³-hybridized carbons (Fsp3) is 0.556. The first-order valence-electron chi connectivity index (χ1n) is 7.79. The number of ether oxygens (including phenoxy) is 1. The van der Waals surface area contributed by atoms with Crippen molar-refractivity contribution in [1.82, 2.24) is 4.90 Å². The number of carboxylic acids is 1. The average Bonchev–Trinajstić information content (AvgIpc) is 2.36. The lowest BCUT2D eigenvalue weighted by atomic mass is 9.92. The first-order valence-corrected chi connectivity index (χ1v) is 7.79. The van der Waals surface area contributed by atoms with Crippen molar-refractivity contribution in [2.24, 2.45) is 0 Å². The third-order valence-electron chi connectivity index (χ3n) is 3.50. The van der Waals surface area contributed by atoms with E-state index in [1.807, 2.05) is 41.5 Å². The molecule has 128 valence electrons. The number of nitrogens with zero attached hydrogens (tertiary/aromatic N) is 1. The van der Waals surface area contributed by atoms with E-state index < -0.39 is 17.1 Å². The van der Waals surface area contributed by atoms with Gasteiger partial charge in [-0.15, -0.1) is 0 Å². The van der Waals surface area contributed by atoms with Crippen LogP contribution in [-0.2, 0) is 11.2 Å². The second kappa shape index (κ2) is 7.02. The zero-order valence-corrected chi connectivity index (χ0v) is 14.8. The van der Waals surface area contributed by atoms with Crippen molar-refractivity contribution in [2.75, 3.05) is 6.54 Å². The van der Waals surface area contributed by atoms with Crippen LogP contribution in [0.2, 0.25) is 0 Å². The molecule has 5 nitrogen and oxygen atoms in total. The molecule has 0 aliphatic carbocycles. The highest BCUT2D eigenvalue weighted by Gasteiger charge is 2.33. The fourth-order valence-electron chi connectivity index (χ4n) is 2.48. The molecule has 0 aliphatic heterocycles. The Bertz CT molecular complexity index is 555. The van der Waals surface area contributed by atoms with Gasteiger partial charge in [0.15, 0.2) is 0 Å². The highest BCUT2D eigenvalue weighted by Crippen LogP contribution is 2.23. The Kier molecular flexibility index (Phi) is 5.81. The van der Waals surface area contributed by atoms with Crippen molar-refractivity contribution in [1.29, 1.82) is 0 Å². The minimum Gasteiger partial charge on any atom is -0.478 e. The molecule has 0 fully saturated rings. The molecule has 1 N–H and O–H groups in total. The van der Waals surface area contributed by atoms with Gasteiger partial charge in [-0.05, 0) is 65.7 Å². The van der Waals surface area contributed by atoms with E-state index in [1.54, 1.807) is 29.2 Å². The predicted molar refractivity (Wildman–Crippen MR) is 89.8 cm³/mol. The molecule has 0 radical (unpaired) electrons. The van der Waals surface area contributed by atoms with Gasteiger partial charge in [0.05, 0.1) is 5.56 Å². The van der Waals surface area contributed by atoms with Crippen LogP contribution in [0.15, 0.2) is 24.3 Å². The first-order chi connectivity index (χ1) is 10.5. The van der Waals surface area contributed by atoms with Crippen LogP contribution in [-0.4, -0.2) is 39.8 Å². The third kappa shape index (κ3) is 5.58. The SMILES string of the molecule is CCN(C(=O)OC(C)(C)C)C(C)(C)Cc1ccc(C(=O)O)cc1. The molecule has 0 saturated heterocycles. The minimum absolute atomic E-state index is 0.256. The van der Waals surface area contributed by atoms with Gasteiger partial charge in [-0.25, -0.2) is 9.59 Å². The summed E-state index contributed by atoms with van der Waals surface area (Å²) in [5.74, 6) is -0.945. The summed E-state index contributed by atoms with van der Waals surface area (Å²) in [6.07, 6.45) is 0.270. The summed E-state index contributed by atoms with van der Waals surface area (Å²) < 4.78 is 5.47. The zero-order chi connectivity index (χ0) is 17.8. The van der Waals surface area contributed by atoms with E-state index in [1.165, 1.54) is 0 Å². The van der Waals surface area contributed by atoms with Gasteiger partial charge >= 0.3 is 12.1 Å². The van der Waals surface area contributed by atoms with Crippen LogP contribution in [0.25, 0.3) is 0 Å². The molecule has 1 rings (SSSR count). The highest BCUT2D eigenvalue weighted by atomic mass is 16.6. The van der Waals surface area contributed by atoms with Gasteiger partial charge in [-0.3, -0.25) is 0 Å². The molecule has 0 heterocycles. The lowest BCUT2D eigenvalue weighted by Gasteiger charge is -2.39. The van der Waals surface area contributed by atoms with Gasteiger partial charge in [-0.2, -0.15) is 0 Å². The molecule has 23 heavy (non-hydrogen) atoms. The number of aromatic carboxylic acids is 1. The molecule has 0 unspecified atom stereocenters. The number of likely N-dealkylation sites (N-methyl/N-ethyl adjacent to an activating group) is 1. The number of amides is 1. The maximum Gasteiger partial charge on any atom is 0.410 e. The van der Waals surface area contributed by atoms with E-state index in [-0.39, 0.29) is 11.7 Å². The Labute approximate surface area is 138 Å². The molecule has 0 atom stereocenters. The number of carboxylic acid groups (broad SMARTS) is 1. The van der Waals surface area contributed by atoms with Crippen LogP contribution < -0.4 is 0 Å². The smallest absolute Gasteiger partial charge is 0.410 e. The number of carbonyl (C=O) groups is 2. The zero-order valence-electron chi connectivity index (χ0n) is 14.8. The van der Waals surface area contributed by atoms with Gasteiger partial charge in [0.1, 0.15) is 5.60 Å². The molecule has 0 saturated carbocycles. The average molecular weight is 321 g/mol. The maximum absolute atomic E-state index is 12.4. The normalized spacial score (nSPS) is 11.9. The van der Waals surface area contributed by atoms with Crippen LogP contribution in [0.1, 0.15) is 57.5 Å². The van der Waals surface area contributed by atoms with Crippen molar-refractivity contribution >= 4 is 12.1 Å². The van der Waals surface area contributed by atoms with Crippen LogP contribution >= 0.6 is 0 Å². The lowest BCUT2D eigenvalue weighted by Crippen LogP contribution is -2.50. The third-order valence-corrected chi connectivity index (χ3v) is 3.50. The molecule has 1 aromatic rings. The molecule has 5 heteroatoms. The molecule has 0 aromatic heterocycles. The summed E-state index contributed by atoms with van der Waals surface area (Å²) in [5.41, 5.74) is 0.249. The standard InChI is InChI=1S/C18H27NO4/c1-7-19(16(22)23-17(2,3)4)18(5,6)12-13-8-10-14(11-9-13)15(20)21/h8-11H,7,12H2,1-6H3,(H,20,21). The van der Waals surface area contributed by atoms with Crippen LogP contribution in [0.4, 0.5) is 4.79 Å². The number of hydrogen-bond acceptors (Lipinski definition) is 3. The predicted octanol–water partition coefficient (Wildman–Crippen LogP) is 3.96. The second-order valence-electron chi connectivity index (χ2n) is 7.22. The van der Waals surface area contributed by atoms with Crippen LogP contribution in [0.5, 0.6) is 0 Å². The van der Waals surface area contributed by atoms with Crippen LogP contribution in [0.3, 0.4) is 0 Å². The Hall–Kier alpha value is -2.04. The summed E-state index contributed by atoms with van der Waals surface area (Å²) in [6.45, 7) is 11.9. The molecule has 0 bridgehead atoms. The Morgan fingerprint density at radius 1 is 1.09 bits per heavy atom. The quantitative estimate of drug-likeness (QED) is 0.891. The monoisotopic (exact) mass is 321 g/mol. The lowest BCUT2D eigenvalue weighted by molar-refractivity contribution is 0.00484. The van der Waals surface area contributed by atoms with Crippen molar-refractivity contribution < 1.29 is 19.4 Å². The van der Waals surface area contributed by atoms with E-state index >= 15 is 0 Å². The van der Waals surface area contributed by atoms with Crippen molar-refractivity contribution in [3.05, 3.63) is 35.4 Å². The van der Waals surface area contributed by atoms with Crippen LogP contribution in [0, 0.1) is 0 Å². The molecule has 1 amide bonds. The number of carbonyl (C=O) groups excluding carboxylic acids is 1. The van der Waals surface area contributed by atoms with Crippen molar-refractivity contribution in [3.63, 3.8) is 0 Å². The first kappa shape index (κ1) is 19.0. The number of hydrogen-bond donors (Lipinski definition) is 1. The van der Waals surface area contributed by atoms with E-state index in [2.05, 4.69) is 0 Å². The molecule has 0 aliphatic rings. The topological polar surface area (TPSA) is 66.8 Å². The molecular formula is C18H27NO4. The second-order valence-corrected chi connectivity index (χ2v) is 7.22. The van der Waals surface area contributed by atoms with Gasteiger partial charge in [0.25, 0.3) is 0 Å². The van der Waals surface area contributed by atoms with E-state index in [0.717, 1.165) is 5.56 Å². The van der Waals surface area contributed by atoms with E-state index in [4.69, 9.17) is 9.84 Å². The maximum atomic E-state index is 12.4. The molecule has 1 aromatic carbocycles. The van der Waals surface area contributed by atoms with Crippen molar-refractivity contribution in [3.8, 4) is 0 Å². The Balaban J connectivity index is 2.90. The number of rotatable bonds is 5. The highest BCUT2D eigenvalue weighted by molar-refractivity contribution is 5.87. The minimum atomic E-state index is -0.945.